The first-order valence-corrected chi connectivity index (χ1v) is 6.79. The lowest BCUT2D eigenvalue weighted by Crippen LogP contribution is -2.40. The van der Waals surface area contributed by atoms with Crippen LogP contribution in [0.25, 0.3) is 0 Å². The summed E-state index contributed by atoms with van der Waals surface area (Å²) in [6.45, 7) is 1.21. The number of hydrogen-bond donors (Lipinski definition) is 2. The van der Waals surface area contributed by atoms with Gasteiger partial charge in [0, 0.05) is 14.2 Å². The van der Waals surface area contributed by atoms with Gasteiger partial charge in [-0.1, -0.05) is 11.6 Å². The summed E-state index contributed by atoms with van der Waals surface area (Å²) >= 11 is 6.25. The van der Waals surface area contributed by atoms with Crippen molar-refractivity contribution in [2.45, 2.75) is 31.5 Å². The standard InChI is InChI=1S/C12H21ClN4O2/c1-18-6-5-17-11(9(13)7-15-17)10(16-14)12(19-2)8-3-4-8/h7-8,10,12,16H,3-6,14H2,1-2H3. The second-order valence-electron chi connectivity index (χ2n) is 4.78. The van der Waals surface area contributed by atoms with Gasteiger partial charge in [-0.15, -0.1) is 0 Å². The third-order valence-corrected chi connectivity index (χ3v) is 3.79. The van der Waals surface area contributed by atoms with Gasteiger partial charge in [0.05, 0.1) is 42.2 Å². The number of hydrogen-bond acceptors (Lipinski definition) is 5. The fraction of sp³-hybridized carbons (Fsp3) is 0.750. The van der Waals surface area contributed by atoms with Crippen LogP contribution in [0, 0.1) is 5.92 Å². The molecule has 1 fully saturated rings. The minimum Gasteiger partial charge on any atom is -0.383 e. The summed E-state index contributed by atoms with van der Waals surface area (Å²) in [5.74, 6) is 6.25. The van der Waals surface area contributed by atoms with Crippen LogP contribution in [0.5, 0.6) is 0 Å². The van der Waals surface area contributed by atoms with Gasteiger partial charge in [-0.05, 0) is 18.8 Å². The summed E-state index contributed by atoms with van der Waals surface area (Å²) < 4.78 is 12.5. The molecule has 1 aromatic heterocycles. The first-order chi connectivity index (χ1) is 9.22. The Labute approximate surface area is 118 Å². The zero-order valence-electron chi connectivity index (χ0n) is 11.3. The first kappa shape index (κ1) is 14.7. The molecule has 1 aromatic rings. The number of rotatable bonds is 8. The topological polar surface area (TPSA) is 74.3 Å². The number of halogens is 1. The van der Waals surface area contributed by atoms with E-state index in [0.717, 1.165) is 5.69 Å². The van der Waals surface area contributed by atoms with Crippen LogP contribution in [0.4, 0.5) is 0 Å². The van der Waals surface area contributed by atoms with Crippen LogP contribution in [0.15, 0.2) is 6.20 Å². The molecule has 2 rings (SSSR count). The lowest BCUT2D eigenvalue weighted by atomic mass is 10.0. The Hall–Kier alpha value is -0.660. The molecule has 1 aliphatic rings. The number of nitrogens with two attached hydrogens (primary N) is 1. The van der Waals surface area contributed by atoms with Crippen LogP contribution >= 0.6 is 11.6 Å². The van der Waals surface area contributed by atoms with Crippen LogP contribution in [-0.2, 0) is 16.0 Å². The molecule has 6 nitrogen and oxygen atoms in total. The van der Waals surface area contributed by atoms with E-state index in [1.807, 2.05) is 4.68 Å². The van der Waals surface area contributed by atoms with Crippen LogP contribution in [-0.4, -0.2) is 36.7 Å². The highest BCUT2D eigenvalue weighted by molar-refractivity contribution is 6.31. The maximum atomic E-state index is 6.25. The van der Waals surface area contributed by atoms with Crippen LogP contribution in [0.3, 0.4) is 0 Å². The van der Waals surface area contributed by atoms with Gasteiger partial charge in [0.15, 0.2) is 0 Å². The highest BCUT2D eigenvalue weighted by Crippen LogP contribution is 2.40. The Morgan fingerprint density at radius 2 is 2.32 bits per heavy atom. The molecule has 0 spiro atoms. The Morgan fingerprint density at radius 3 is 2.84 bits per heavy atom. The molecule has 3 N–H and O–H groups in total. The van der Waals surface area contributed by atoms with Crippen molar-refractivity contribution in [3.05, 3.63) is 16.9 Å². The number of ether oxygens (including phenoxy) is 2. The molecule has 0 saturated heterocycles. The summed E-state index contributed by atoms with van der Waals surface area (Å²) in [5, 5.41) is 4.87. The van der Waals surface area contributed by atoms with E-state index < -0.39 is 0 Å². The SMILES string of the molecule is COCCn1ncc(Cl)c1C(NN)C(OC)C1CC1. The number of nitrogens with one attached hydrogen (secondary N) is 1. The molecule has 2 unspecified atom stereocenters. The summed E-state index contributed by atoms with van der Waals surface area (Å²) in [7, 11) is 3.36. The molecule has 7 heteroatoms. The second kappa shape index (κ2) is 6.67. The maximum absolute atomic E-state index is 6.25. The Kier molecular flexibility index (Phi) is 5.18. The summed E-state index contributed by atoms with van der Waals surface area (Å²) in [5.41, 5.74) is 3.68. The lowest BCUT2D eigenvalue weighted by Gasteiger charge is -2.26. The predicted octanol–water partition coefficient (Wildman–Crippen LogP) is 1.11. The third-order valence-electron chi connectivity index (χ3n) is 3.50. The Balaban J connectivity index is 2.23. The van der Waals surface area contributed by atoms with E-state index in [1.54, 1.807) is 20.4 Å². The van der Waals surface area contributed by atoms with E-state index in [1.165, 1.54) is 12.8 Å². The smallest absolute Gasteiger partial charge is 0.0908 e. The van der Waals surface area contributed by atoms with Crippen molar-refractivity contribution in [1.82, 2.24) is 15.2 Å². The number of nitrogens with zero attached hydrogens (tertiary/aromatic N) is 2. The van der Waals surface area contributed by atoms with E-state index in [2.05, 4.69) is 10.5 Å². The van der Waals surface area contributed by atoms with Crippen LogP contribution in [0.2, 0.25) is 5.02 Å². The first-order valence-electron chi connectivity index (χ1n) is 6.42. The van der Waals surface area contributed by atoms with E-state index in [0.29, 0.717) is 24.1 Å². The third kappa shape index (κ3) is 3.27. The zero-order chi connectivity index (χ0) is 13.8. The molecule has 2 atom stereocenters. The van der Waals surface area contributed by atoms with Crippen molar-refractivity contribution >= 4 is 11.6 Å². The number of methoxy groups -OCH3 is 2. The fourth-order valence-corrected chi connectivity index (χ4v) is 2.65. The molecular weight excluding hydrogens is 268 g/mol. The minimum absolute atomic E-state index is 0.0143. The van der Waals surface area contributed by atoms with Crippen LogP contribution < -0.4 is 11.3 Å². The van der Waals surface area contributed by atoms with Gasteiger partial charge < -0.3 is 9.47 Å². The van der Waals surface area contributed by atoms with Crippen molar-refractivity contribution in [3.63, 3.8) is 0 Å². The molecule has 19 heavy (non-hydrogen) atoms. The summed E-state index contributed by atoms with van der Waals surface area (Å²) in [6, 6.07) is -0.163. The average Bonchev–Trinajstić information content (AvgIpc) is 3.19. The average molecular weight is 289 g/mol. The van der Waals surface area contributed by atoms with Gasteiger partial charge in [-0.3, -0.25) is 10.5 Å². The largest absolute Gasteiger partial charge is 0.383 e. The normalized spacial score (nSPS) is 18.5. The highest BCUT2D eigenvalue weighted by atomic mass is 35.5. The van der Waals surface area contributed by atoms with Gasteiger partial charge in [0.25, 0.3) is 0 Å². The summed E-state index contributed by atoms with van der Waals surface area (Å²) in [6.07, 6.45) is 3.98. The van der Waals surface area contributed by atoms with E-state index in [4.69, 9.17) is 26.9 Å². The van der Waals surface area contributed by atoms with Crippen molar-refractivity contribution in [2.75, 3.05) is 20.8 Å². The quantitative estimate of drug-likeness (QED) is 0.554. The van der Waals surface area contributed by atoms with Gasteiger partial charge in [-0.2, -0.15) is 5.10 Å². The van der Waals surface area contributed by atoms with Crippen molar-refractivity contribution in [1.29, 1.82) is 0 Å². The second-order valence-corrected chi connectivity index (χ2v) is 5.18. The van der Waals surface area contributed by atoms with E-state index in [-0.39, 0.29) is 12.1 Å². The molecule has 0 aromatic carbocycles. The molecule has 1 heterocycles. The fourth-order valence-electron chi connectivity index (χ4n) is 2.39. The molecule has 108 valence electrons. The van der Waals surface area contributed by atoms with Gasteiger partial charge >= 0.3 is 0 Å². The molecule has 0 radical (unpaired) electrons. The number of aromatic nitrogens is 2. The lowest BCUT2D eigenvalue weighted by molar-refractivity contribution is 0.0474. The molecular formula is C12H21ClN4O2. The van der Waals surface area contributed by atoms with E-state index >= 15 is 0 Å². The van der Waals surface area contributed by atoms with Gasteiger partial charge in [-0.25, -0.2) is 5.43 Å². The molecule has 1 saturated carbocycles. The molecule has 0 amide bonds. The molecule has 0 bridgehead atoms. The number of hydrazine groups is 1. The Morgan fingerprint density at radius 1 is 1.58 bits per heavy atom. The minimum atomic E-state index is -0.163. The predicted molar refractivity (Wildman–Crippen MR) is 72.7 cm³/mol. The maximum Gasteiger partial charge on any atom is 0.0908 e. The highest BCUT2D eigenvalue weighted by Gasteiger charge is 2.39. The van der Waals surface area contributed by atoms with Crippen molar-refractivity contribution < 1.29 is 9.47 Å². The molecule has 0 aliphatic heterocycles. The summed E-state index contributed by atoms with van der Waals surface area (Å²) in [4.78, 5) is 0. The molecule has 1 aliphatic carbocycles. The monoisotopic (exact) mass is 288 g/mol. The van der Waals surface area contributed by atoms with Crippen LogP contribution in [0.1, 0.15) is 24.6 Å². The van der Waals surface area contributed by atoms with E-state index in [9.17, 15) is 0 Å². The zero-order valence-corrected chi connectivity index (χ0v) is 12.1. The van der Waals surface area contributed by atoms with Gasteiger partial charge in [0.2, 0.25) is 0 Å². The van der Waals surface area contributed by atoms with Gasteiger partial charge in [0.1, 0.15) is 0 Å². The van der Waals surface area contributed by atoms with Crippen molar-refractivity contribution in [2.24, 2.45) is 11.8 Å². The Bertz CT molecular complexity index is 408. The van der Waals surface area contributed by atoms with Crippen molar-refractivity contribution in [3.8, 4) is 0 Å².